The zero-order valence-electron chi connectivity index (χ0n) is 14.5. The Morgan fingerprint density at radius 3 is 1.33 bits per heavy atom. The Kier molecular flexibility index (Phi) is 4.59. The van der Waals surface area contributed by atoms with Gasteiger partial charge in [-0.05, 0) is 5.92 Å². The summed E-state index contributed by atoms with van der Waals surface area (Å²) in [5.41, 5.74) is 0. The molecule has 0 aromatic rings. The molecule has 0 nitrogen and oxygen atoms in total. The summed E-state index contributed by atoms with van der Waals surface area (Å²) in [5.74, 6) is 0.923. The van der Waals surface area contributed by atoms with E-state index in [2.05, 4.69) is 66.2 Å². The summed E-state index contributed by atoms with van der Waals surface area (Å²) in [6, 6.07) is 1.67. The highest BCUT2D eigenvalue weighted by Gasteiger charge is 2.71. The lowest BCUT2D eigenvalue weighted by atomic mass is 10.2. The average Bonchev–Trinajstić information content (AvgIpc) is 2.20. The molecule has 1 heterocycles. The Labute approximate surface area is 121 Å². The van der Waals surface area contributed by atoms with Crippen LogP contribution in [0.4, 0.5) is 0 Å². The summed E-state index contributed by atoms with van der Waals surface area (Å²) in [4.78, 5) is 0. The van der Waals surface area contributed by atoms with E-state index in [1.807, 2.05) is 0 Å². The Hall–Kier alpha value is 1.08. The maximum Gasteiger partial charge on any atom is 0.0304 e. The topological polar surface area (TPSA) is 0 Å². The fraction of sp³-hybridized carbons (Fsp3) is 1.00. The van der Waals surface area contributed by atoms with Gasteiger partial charge in [0.15, 0.2) is 0 Å². The smallest absolute Gasteiger partial charge is 0.0304 e. The van der Waals surface area contributed by atoms with E-state index < -0.39 is 28.4 Å². The summed E-state index contributed by atoms with van der Waals surface area (Å²) in [7, 11) is -3.47. The molecule has 5 heteroatoms. The highest BCUT2D eigenvalue weighted by molar-refractivity contribution is 8.10. The third kappa shape index (κ3) is 2.17. The molecule has 0 aromatic carbocycles. The highest BCUT2D eigenvalue weighted by Crippen LogP contribution is 2.47. The normalized spacial score (nSPS) is 28.8. The monoisotopic (exact) mass is 331 g/mol. The molecule has 18 heavy (non-hydrogen) atoms. The van der Waals surface area contributed by atoms with Gasteiger partial charge in [-0.25, -0.2) is 0 Å². The standard InChI is InChI=1S/C13H35Si5/c1-13(2)11-12-14-15(3,4)17(7,8)18(9,10)16(14,5)6/h13H,11-12H2,1-10H3. The van der Waals surface area contributed by atoms with Gasteiger partial charge in [0, 0.05) is 36.3 Å². The predicted octanol–water partition coefficient (Wildman–Crippen LogP) is 4.77. The zero-order valence-corrected chi connectivity index (χ0v) is 19.5. The molecule has 0 amide bonds. The summed E-state index contributed by atoms with van der Waals surface area (Å²) in [6.07, 6.45) is 1.52. The lowest BCUT2D eigenvalue weighted by Crippen LogP contribution is -2.69. The third-order valence-corrected chi connectivity index (χ3v) is 121. The molecule has 1 aliphatic heterocycles. The van der Waals surface area contributed by atoms with Gasteiger partial charge in [-0.2, -0.15) is 0 Å². The molecule has 0 atom stereocenters. The van der Waals surface area contributed by atoms with Crippen molar-refractivity contribution in [3.8, 4) is 0 Å². The van der Waals surface area contributed by atoms with E-state index in [4.69, 9.17) is 0 Å². The van der Waals surface area contributed by atoms with Crippen molar-refractivity contribution in [2.24, 2.45) is 5.92 Å². The van der Waals surface area contributed by atoms with E-state index in [9.17, 15) is 0 Å². The minimum Gasteiger partial charge on any atom is -0.0737 e. The number of rotatable bonds is 3. The fourth-order valence-electron chi connectivity index (χ4n) is 4.16. The van der Waals surface area contributed by atoms with E-state index in [1.165, 1.54) is 6.42 Å². The van der Waals surface area contributed by atoms with Crippen LogP contribution in [0.3, 0.4) is 0 Å². The average molecular weight is 332 g/mol. The number of hydrogen-bond acceptors (Lipinski definition) is 0. The molecule has 0 unspecified atom stereocenters. The van der Waals surface area contributed by atoms with E-state index in [0.717, 1.165) is 5.92 Å². The Morgan fingerprint density at radius 2 is 1.06 bits per heavy atom. The van der Waals surface area contributed by atoms with Crippen molar-refractivity contribution in [1.29, 1.82) is 0 Å². The largest absolute Gasteiger partial charge is 0.0737 e. The van der Waals surface area contributed by atoms with Gasteiger partial charge in [-0.3, -0.25) is 0 Å². The second-order valence-electron chi connectivity index (χ2n) is 8.91. The van der Waals surface area contributed by atoms with Crippen molar-refractivity contribution in [2.45, 2.75) is 78.7 Å². The predicted molar refractivity (Wildman–Crippen MR) is 99.9 cm³/mol. The van der Waals surface area contributed by atoms with Crippen LogP contribution < -0.4 is 0 Å². The van der Waals surface area contributed by atoms with Crippen LogP contribution in [0.5, 0.6) is 0 Å². The Bertz CT molecular complexity index is 291. The quantitative estimate of drug-likeness (QED) is 0.654. The highest BCUT2D eigenvalue weighted by atomic mass is 30.2. The molecule has 0 bridgehead atoms. The van der Waals surface area contributed by atoms with Crippen LogP contribution in [-0.4, -0.2) is 36.3 Å². The maximum absolute atomic E-state index is 2.82. The first-order chi connectivity index (χ1) is 7.80. The van der Waals surface area contributed by atoms with Crippen LogP contribution in [0, 0.1) is 5.92 Å². The van der Waals surface area contributed by atoms with Gasteiger partial charge in [0.1, 0.15) is 0 Å². The van der Waals surface area contributed by atoms with Crippen LogP contribution in [-0.2, 0) is 0 Å². The third-order valence-electron chi connectivity index (χ3n) is 7.17. The molecule has 1 saturated heterocycles. The van der Waals surface area contributed by atoms with Gasteiger partial charge in [0.2, 0.25) is 0 Å². The first-order valence-electron chi connectivity index (χ1n) is 7.67. The van der Waals surface area contributed by atoms with Gasteiger partial charge < -0.3 is 0 Å². The van der Waals surface area contributed by atoms with E-state index in [0.29, 0.717) is 0 Å². The first kappa shape index (κ1) is 17.1. The molecular weight excluding hydrogens is 297 g/mol. The SMILES string of the molecule is CC(C)CC[Si]1[Si](C)(C)[Si](C)(C)[Si](C)(C)[Si]1(C)C. The van der Waals surface area contributed by atoms with Crippen LogP contribution in [0.2, 0.25) is 58.4 Å². The van der Waals surface area contributed by atoms with Crippen molar-refractivity contribution in [3.63, 3.8) is 0 Å². The van der Waals surface area contributed by atoms with Gasteiger partial charge in [-0.1, -0.05) is 78.7 Å². The van der Waals surface area contributed by atoms with Crippen molar-refractivity contribution in [2.75, 3.05) is 0 Å². The Balaban J connectivity index is 3.17. The molecule has 0 spiro atoms. The minimum atomic E-state index is -0.881. The number of hydrogen-bond donors (Lipinski definition) is 0. The first-order valence-corrected chi connectivity index (χ1v) is 26.4. The van der Waals surface area contributed by atoms with Gasteiger partial charge >= 0.3 is 0 Å². The summed E-state index contributed by atoms with van der Waals surface area (Å²) in [6.45, 7) is 27.4. The van der Waals surface area contributed by atoms with Crippen LogP contribution in [0.25, 0.3) is 0 Å². The summed E-state index contributed by atoms with van der Waals surface area (Å²) >= 11 is 0. The van der Waals surface area contributed by atoms with Crippen molar-refractivity contribution >= 4 is 36.3 Å². The molecule has 1 radical (unpaired) electrons. The molecule has 1 rings (SSSR count). The molecule has 0 N–H and O–H groups in total. The minimum absolute atomic E-state index is 0.0285. The fourth-order valence-corrected chi connectivity index (χ4v) is 186. The van der Waals surface area contributed by atoms with Crippen molar-refractivity contribution in [3.05, 3.63) is 0 Å². The van der Waals surface area contributed by atoms with Gasteiger partial charge in [0.05, 0.1) is 0 Å². The second kappa shape index (κ2) is 4.82. The van der Waals surface area contributed by atoms with Gasteiger partial charge in [0.25, 0.3) is 0 Å². The van der Waals surface area contributed by atoms with E-state index in [-0.39, 0.29) is 7.83 Å². The molecule has 1 fully saturated rings. The van der Waals surface area contributed by atoms with E-state index >= 15 is 0 Å². The molecule has 107 valence electrons. The molecular formula is C13H35Si5. The molecule has 0 saturated carbocycles. The Morgan fingerprint density at radius 1 is 0.722 bits per heavy atom. The maximum atomic E-state index is 2.82. The summed E-state index contributed by atoms with van der Waals surface area (Å²) < 4.78 is 0. The zero-order chi connectivity index (χ0) is 14.6. The molecule has 1 aliphatic rings. The molecule has 0 aliphatic carbocycles. The lowest BCUT2D eigenvalue weighted by Gasteiger charge is -2.43. The van der Waals surface area contributed by atoms with Crippen LogP contribution in [0.1, 0.15) is 20.3 Å². The van der Waals surface area contributed by atoms with Crippen molar-refractivity contribution < 1.29 is 0 Å². The van der Waals surface area contributed by atoms with Crippen molar-refractivity contribution in [1.82, 2.24) is 0 Å². The van der Waals surface area contributed by atoms with Crippen LogP contribution >= 0.6 is 0 Å². The van der Waals surface area contributed by atoms with Gasteiger partial charge in [-0.15, -0.1) is 0 Å². The second-order valence-corrected chi connectivity index (χ2v) is 64.5. The van der Waals surface area contributed by atoms with E-state index in [1.54, 1.807) is 6.04 Å². The molecule has 0 aromatic heterocycles. The summed E-state index contributed by atoms with van der Waals surface area (Å²) in [5, 5.41) is 0. The lowest BCUT2D eigenvalue weighted by molar-refractivity contribution is 0.624. The van der Waals surface area contributed by atoms with Crippen LogP contribution in [0.15, 0.2) is 0 Å².